The summed E-state index contributed by atoms with van der Waals surface area (Å²) in [7, 11) is 0. The predicted molar refractivity (Wildman–Crippen MR) is 57.0 cm³/mol. The zero-order valence-electron chi connectivity index (χ0n) is 8.11. The maximum absolute atomic E-state index is 9.63. The molecule has 13 heavy (non-hydrogen) atoms. The maximum atomic E-state index is 9.63. The van der Waals surface area contributed by atoms with Gasteiger partial charge in [0.15, 0.2) is 0 Å². The highest BCUT2D eigenvalue weighted by Gasteiger charge is 2.18. The molecule has 1 aliphatic carbocycles. The highest BCUT2D eigenvalue weighted by atomic mass is 32.2. The molecule has 0 aromatic rings. The van der Waals surface area contributed by atoms with E-state index in [0.29, 0.717) is 0 Å². The van der Waals surface area contributed by atoms with Crippen LogP contribution in [0.25, 0.3) is 0 Å². The Kier molecular flexibility index (Phi) is 5.83. The lowest BCUT2D eigenvalue weighted by atomic mass is 10.0. The van der Waals surface area contributed by atoms with Crippen LogP contribution in [0.15, 0.2) is 0 Å². The topological polar surface area (TPSA) is 40.5 Å². The van der Waals surface area contributed by atoms with E-state index in [1.54, 1.807) is 11.8 Å². The Bertz CT molecular complexity index is 124. The lowest BCUT2D eigenvalue weighted by molar-refractivity contribution is 0.165. The van der Waals surface area contributed by atoms with E-state index >= 15 is 0 Å². The zero-order valence-corrected chi connectivity index (χ0v) is 8.93. The highest BCUT2D eigenvalue weighted by Crippen LogP contribution is 2.29. The van der Waals surface area contributed by atoms with Crippen molar-refractivity contribution in [3.05, 3.63) is 0 Å². The van der Waals surface area contributed by atoms with Gasteiger partial charge in [0.25, 0.3) is 0 Å². The van der Waals surface area contributed by atoms with Crippen LogP contribution in [0.2, 0.25) is 0 Å². The van der Waals surface area contributed by atoms with Crippen LogP contribution in [0.4, 0.5) is 0 Å². The third-order valence-electron chi connectivity index (χ3n) is 2.63. The molecule has 0 aromatic heterocycles. The zero-order chi connectivity index (χ0) is 9.52. The Morgan fingerprint density at radius 1 is 1.31 bits per heavy atom. The minimum atomic E-state index is -0.153. The van der Waals surface area contributed by atoms with Crippen LogP contribution in [0, 0.1) is 5.92 Å². The number of rotatable bonds is 6. The molecule has 2 N–H and O–H groups in total. The summed E-state index contributed by atoms with van der Waals surface area (Å²) in [6.45, 7) is 0.223. The third kappa shape index (κ3) is 4.89. The third-order valence-corrected chi connectivity index (χ3v) is 3.72. The van der Waals surface area contributed by atoms with Gasteiger partial charge < -0.3 is 10.2 Å². The molecule has 0 amide bonds. The van der Waals surface area contributed by atoms with Crippen molar-refractivity contribution in [1.29, 1.82) is 0 Å². The summed E-state index contributed by atoms with van der Waals surface area (Å²) in [5.74, 6) is 2.31. The molecule has 1 aliphatic rings. The van der Waals surface area contributed by atoms with Crippen LogP contribution >= 0.6 is 11.8 Å². The Labute approximate surface area is 84.7 Å². The number of hydrogen-bond acceptors (Lipinski definition) is 3. The average Bonchev–Trinajstić information content (AvgIpc) is 2.57. The molecule has 0 heterocycles. The molecule has 2 nitrogen and oxygen atoms in total. The SMILES string of the molecule is OCCSCC(O)CC1CCCC1. The van der Waals surface area contributed by atoms with Crippen LogP contribution in [0.5, 0.6) is 0 Å². The fourth-order valence-corrected chi connectivity index (χ4v) is 2.69. The van der Waals surface area contributed by atoms with E-state index in [4.69, 9.17) is 5.11 Å². The standard InChI is InChI=1S/C10H20O2S/c11-5-6-13-8-10(12)7-9-3-1-2-4-9/h9-12H,1-8H2. The first-order chi connectivity index (χ1) is 6.33. The van der Waals surface area contributed by atoms with Gasteiger partial charge >= 0.3 is 0 Å². The van der Waals surface area contributed by atoms with Crippen LogP contribution in [-0.4, -0.2) is 34.4 Å². The molecule has 0 saturated heterocycles. The Balaban J connectivity index is 1.99. The second-order valence-electron chi connectivity index (χ2n) is 3.84. The number of hydrogen-bond donors (Lipinski definition) is 2. The van der Waals surface area contributed by atoms with E-state index in [1.807, 2.05) is 0 Å². The number of aliphatic hydroxyl groups excluding tert-OH is 2. The lowest BCUT2D eigenvalue weighted by Gasteiger charge is -2.14. The largest absolute Gasteiger partial charge is 0.396 e. The summed E-state index contributed by atoms with van der Waals surface area (Å²) in [6.07, 6.45) is 6.13. The summed E-state index contributed by atoms with van der Waals surface area (Å²) in [5, 5.41) is 18.2. The summed E-state index contributed by atoms with van der Waals surface area (Å²) in [5.41, 5.74) is 0. The Morgan fingerprint density at radius 2 is 2.00 bits per heavy atom. The molecule has 1 saturated carbocycles. The molecule has 1 rings (SSSR count). The van der Waals surface area contributed by atoms with Gasteiger partial charge in [-0.25, -0.2) is 0 Å². The van der Waals surface area contributed by atoms with Gasteiger partial charge in [-0.15, -0.1) is 0 Å². The monoisotopic (exact) mass is 204 g/mol. The Morgan fingerprint density at radius 3 is 2.62 bits per heavy atom. The smallest absolute Gasteiger partial charge is 0.0633 e. The minimum Gasteiger partial charge on any atom is -0.396 e. The van der Waals surface area contributed by atoms with Gasteiger partial charge in [-0.2, -0.15) is 11.8 Å². The lowest BCUT2D eigenvalue weighted by Crippen LogP contribution is -2.15. The fourth-order valence-electron chi connectivity index (χ4n) is 1.98. The van der Waals surface area contributed by atoms with Gasteiger partial charge in [-0.1, -0.05) is 25.7 Å². The normalized spacial score (nSPS) is 20.8. The van der Waals surface area contributed by atoms with Gasteiger partial charge in [0.2, 0.25) is 0 Å². The molecule has 1 fully saturated rings. The van der Waals surface area contributed by atoms with Gasteiger partial charge in [0.1, 0.15) is 0 Å². The summed E-state index contributed by atoms with van der Waals surface area (Å²) in [4.78, 5) is 0. The van der Waals surface area contributed by atoms with Gasteiger partial charge in [-0.05, 0) is 12.3 Å². The van der Waals surface area contributed by atoms with E-state index in [1.165, 1.54) is 25.7 Å². The first-order valence-corrected chi connectivity index (χ1v) is 6.35. The number of aliphatic hydroxyl groups is 2. The molecule has 78 valence electrons. The second kappa shape index (κ2) is 6.68. The number of thioether (sulfide) groups is 1. The van der Waals surface area contributed by atoms with E-state index in [-0.39, 0.29) is 12.7 Å². The van der Waals surface area contributed by atoms with Crippen LogP contribution in [0.3, 0.4) is 0 Å². The van der Waals surface area contributed by atoms with Crippen LogP contribution < -0.4 is 0 Å². The average molecular weight is 204 g/mol. The van der Waals surface area contributed by atoms with Crippen molar-refractivity contribution in [3.63, 3.8) is 0 Å². The van der Waals surface area contributed by atoms with Crippen molar-refractivity contribution < 1.29 is 10.2 Å². The summed E-state index contributed by atoms with van der Waals surface area (Å²) >= 11 is 1.64. The van der Waals surface area contributed by atoms with E-state index in [9.17, 15) is 5.11 Å². The maximum Gasteiger partial charge on any atom is 0.0633 e. The molecule has 0 bridgehead atoms. The van der Waals surface area contributed by atoms with Crippen molar-refractivity contribution in [3.8, 4) is 0 Å². The first kappa shape index (κ1) is 11.3. The molecule has 1 atom stereocenters. The summed E-state index contributed by atoms with van der Waals surface area (Å²) in [6, 6.07) is 0. The highest BCUT2D eigenvalue weighted by molar-refractivity contribution is 7.99. The minimum absolute atomic E-state index is 0.153. The fraction of sp³-hybridized carbons (Fsp3) is 1.00. The predicted octanol–water partition coefficient (Wildman–Crippen LogP) is 1.65. The van der Waals surface area contributed by atoms with E-state index < -0.39 is 0 Å². The van der Waals surface area contributed by atoms with Crippen molar-refractivity contribution in [1.82, 2.24) is 0 Å². The molecule has 1 unspecified atom stereocenters. The molecule has 0 spiro atoms. The van der Waals surface area contributed by atoms with Gasteiger partial charge in [0, 0.05) is 11.5 Å². The molecule has 0 aliphatic heterocycles. The molecular formula is C10H20O2S. The van der Waals surface area contributed by atoms with E-state index in [2.05, 4.69) is 0 Å². The van der Waals surface area contributed by atoms with E-state index in [0.717, 1.165) is 23.8 Å². The first-order valence-electron chi connectivity index (χ1n) is 5.19. The second-order valence-corrected chi connectivity index (χ2v) is 4.99. The van der Waals surface area contributed by atoms with Crippen molar-refractivity contribution in [2.24, 2.45) is 5.92 Å². The van der Waals surface area contributed by atoms with Crippen LogP contribution in [-0.2, 0) is 0 Å². The van der Waals surface area contributed by atoms with Gasteiger partial charge in [0.05, 0.1) is 12.7 Å². The molecular weight excluding hydrogens is 184 g/mol. The molecule has 3 heteroatoms. The molecule has 0 radical (unpaired) electrons. The van der Waals surface area contributed by atoms with Gasteiger partial charge in [-0.3, -0.25) is 0 Å². The Hall–Kier alpha value is 0.270. The van der Waals surface area contributed by atoms with Crippen molar-refractivity contribution in [2.45, 2.75) is 38.2 Å². The quantitative estimate of drug-likeness (QED) is 0.646. The molecule has 0 aromatic carbocycles. The van der Waals surface area contributed by atoms with Crippen molar-refractivity contribution in [2.75, 3.05) is 18.1 Å². The summed E-state index contributed by atoms with van der Waals surface area (Å²) < 4.78 is 0. The van der Waals surface area contributed by atoms with Crippen LogP contribution in [0.1, 0.15) is 32.1 Å². The van der Waals surface area contributed by atoms with Crippen molar-refractivity contribution >= 4 is 11.8 Å².